The van der Waals surface area contributed by atoms with Gasteiger partial charge < -0.3 is 24.8 Å². The van der Waals surface area contributed by atoms with E-state index in [-0.39, 0.29) is 24.8 Å². The zero-order valence-electron chi connectivity index (χ0n) is 29.4. The molecule has 0 bridgehead atoms. The van der Waals surface area contributed by atoms with E-state index in [0.717, 1.165) is 12.8 Å². The largest absolute Gasteiger partial charge is 1.00 e. The molecule has 7 rings (SSSR count). The zero-order chi connectivity index (χ0) is 31.7. The second kappa shape index (κ2) is 16.2. The Morgan fingerprint density at radius 1 is 0.500 bits per heavy atom. The number of rotatable bonds is 12. The zero-order valence-corrected chi connectivity index (χ0v) is 34.5. The summed E-state index contributed by atoms with van der Waals surface area (Å²) < 4.78 is 4.50. The van der Waals surface area contributed by atoms with Crippen LogP contribution in [0.4, 0.5) is 0 Å². The van der Waals surface area contributed by atoms with E-state index in [9.17, 15) is 0 Å². The van der Waals surface area contributed by atoms with Gasteiger partial charge in [0.2, 0.25) is 0 Å². The van der Waals surface area contributed by atoms with E-state index in [1.807, 2.05) is 0 Å². The standard InChI is InChI=1S/2C21H23.C3H6.2ClH.Hf/c2*1-3-6-16-10-12-18(13-11-16)20-9-5-8-19-14-17(7-4-2)15-21(19)20;1-3-2;;;/h2*5,8-15H,3-4,6-7H2,1-2H3;1-3H2;2*1H;/q;;;;;+2/p-2. The number of aryl methyl sites for hydroxylation is 2. The van der Waals surface area contributed by atoms with E-state index in [4.69, 9.17) is 0 Å². The molecule has 0 nitrogen and oxygen atoms in total. The number of hydrogen-bond acceptors (Lipinski definition) is 0. The molecular weight excluding hydrogens is 790 g/mol. The van der Waals surface area contributed by atoms with E-state index in [1.165, 1.54) is 86.7 Å². The summed E-state index contributed by atoms with van der Waals surface area (Å²) in [6.45, 7) is 9.33. The molecule has 4 aromatic carbocycles. The van der Waals surface area contributed by atoms with Crippen molar-refractivity contribution in [2.24, 2.45) is 0 Å². The molecule has 48 heavy (non-hydrogen) atoms. The van der Waals surface area contributed by atoms with Gasteiger partial charge in [0.15, 0.2) is 0 Å². The van der Waals surface area contributed by atoms with Crippen molar-refractivity contribution in [1.29, 1.82) is 0 Å². The molecule has 3 heteroatoms. The first-order valence-electron chi connectivity index (χ1n) is 18.5. The second-order valence-corrected chi connectivity index (χ2v) is 31.0. The van der Waals surface area contributed by atoms with Crippen molar-refractivity contribution in [3.05, 3.63) is 129 Å². The number of halogens is 2. The van der Waals surface area contributed by atoms with Crippen LogP contribution in [0.2, 0.25) is 8.35 Å². The molecule has 0 amide bonds. The summed E-state index contributed by atoms with van der Waals surface area (Å²) in [6, 6.07) is 33.6. The smallest absolute Gasteiger partial charge is 1.00 e. The molecule has 250 valence electrons. The summed E-state index contributed by atoms with van der Waals surface area (Å²) in [5, 5.41) is 0. The molecular formula is C45H52Cl2Hf. The van der Waals surface area contributed by atoms with E-state index in [2.05, 4.69) is 125 Å². The van der Waals surface area contributed by atoms with Crippen molar-refractivity contribution in [1.82, 2.24) is 0 Å². The van der Waals surface area contributed by atoms with Crippen molar-refractivity contribution < 1.29 is 44.8 Å². The van der Waals surface area contributed by atoms with Crippen LogP contribution >= 0.6 is 0 Å². The third-order valence-electron chi connectivity index (χ3n) is 11.4. The van der Waals surface area contributed by atoms with E-state index in [1.54, 1.807) is 33.4 Å². The minimum Gasteiger partial charge on any atom is -1.00 e. The Labute approximate surface area is 307 Å². The first kappa shape index (κ1) is 37.1. The molecule has 1 saturated heterocycles. The molecule has 2 atom stereocenters. The van der Waals surface area contributed by atoms with Gasteiger partial charge in [0.1, 0.15) is 0 Å². The molecule has 0 radical (unpaired) electrons. The van der Waals surface area contributed by atoms with Gasteiger partial charge in [-0.05, 0) is 0 Å². The molecule has 0 spiro atoms. The monoisotopic (exact) mass is 842 g/mol. The van der Waals surface area contributed by atoms with Gasteiger partial charge in [0, 0.05) is 0 Å². The van der Waals surface area contributed by atoms with Gasteiger partial charge in [-0.15, -0.1) is 0 Å². The fourth-order valence-corrected chi connectivity index (χ4v) is 32.2. The number of benzene rings is 4. The molecule has 2 aliphatic carbocycles. The van der Waals surface area contributed by atoms with Crippen molar-refractivity contribution in [3.8, 4) is 22.3 Å². The van der Waals surface area contributed by atoms with E-state index < -0.39 is 20.0 Å². The van der Waals surface area contributed by atoms with Crippen LogP contribution in [0.25, 0.3) is 34.4 Å². The van der Waals surface area contributed by atoms with E-state index in [0.29, 0.717) is 7.35 Å². The summed E-state index contributed by atoms with van der Waals surface area (Å²) in [6.07, 6.45) is 16.5. The van der Waals surface area contributed by atoms with Gasteiger partial charge in [-0.2, -0.15) is 0 Å². The number of fused-ring (bicyclic) bond motifs is 2. The van der Waals surface area contributed by atoms with Crippen LogP contribution in [0.15, 0.2) is 96.1 Å². The molecule has 1 aliphatic heterocycles. The molecule has 3 aliphatic rings. The van der Waals surface area contributed by atoms with E-state index >= 15 is 0 Å². The van der Waals surface area contributed by atoms with Crippen LogP contribution in [0, 0.1) is 0 Å². The Bertz CT molecular complexity index is 1630. The van der Waals surface area contributed by atoms with Gasteiger partial charge in [0.05, 0.1) is 0 Å². The van der Waals surface area contributed by atoms with Crippen LogP contribution in [0.1, 0.15) is 113 Å². The third kappa shape index (κ3) is 6.66. The predicted molar refractivity (Wildman–Crippen MR) is 197 cm³/mol. The maximum absolute atomic E-state index is 3.03. The second-order valence-electron chi connectivity index (χ2n) is 14.4. The minimum absolute atomic E-state index is 0. The normalized spacial score (nSPS) is 17.8. The summed E-state index contributed by atoms with van der Waals surface area (Å²) >= 11 is -3.03. The van der Waals surface area contributed by atoms with Crippen LogP contribution in [-0.2, 0) is 32.8 Å². The van der Waals surface area contributed by atoms with Gasteiger partial charge >= 0.3 is 285 Å². The average Bonchev–Trinajstić information content (AvgIpc) is 3.61. The summed E-state index contributed by atoms with van der Waals surface area (Å²) in [4.78, 5) is 0. The van der Waals surface area contributed by atoms with Crippen LogP contribution < -0.4 is 24.8 Å². The molecule has 1 heterocycles. The van der Waals surface area contributed by atoms with Crippen LogP contribution in [0.5, 0.6) is 0 Å². The fourth-order valence-electron chi connectivity index (χ4n) is 9.41. The molecule has 0 N–H and O–H groups in total. The number of allylic oxidation sites excluding steroid dienone is 2. The molecule has 2 unspecified atom stereocenters. The molecule has 1 fully saturated rings. The van der Waals surface area contributed by atoms with Crippen molar-refractivity contribution in [2.45, 2.75) is 101 Å². The topological polar surface area (TPSA) is 0 Å². The van der Waals surface area contributed by atoms with Crippen molar-refractivity contribution in [3.63, 3.8) is 0 Å². The van der Waals surface area contributed by atoms with Crippen molar-refractivity contribution >= 4 is 12.2 Å². The maximum Gasteiger partial charge on any atom is -1.00 e. The average molecular weight is 842 g/mol. The fraction of sp³-hybridized carbons (Fsp3) is 0.378. The Morgan fingerprint density at radius 2 is 0.896 bits per heavy atom. The Kier molecular flexibility index (Phi) is 12.5. The molecule has 0 aromatic heterocycles. The maximum atomic E-state index is 2.69. The van der Waals surface area contributed by atoms with Crippen LogP contribution in [0.3, 0.4) is 0 Å². The van der Waals surface area contributed by atoms with Crippen molar-refractivity contribution in [2.75, 3.05) is 0 Å². The van der Waals surface area contributed by atoms with Gasteiger partial charge in [-0.1, -0.05) is 0 Å². The Hall–Kier alpha value is -2.19. The molecule has 4 aromatic rings. The van der Waals surface area contributed by atoms with Gasteiger partial charge in [-0.3, -0.25) is 0 Å². The van der Waals surface area contributed by atoms with Crippen LogP contribution in [-0.4, -0.2) is 0 Å². The Morgan fingerprint density at radius 3 is 1.23 bits per heavy atom. The quantitative estimate of drug-likeness (QED) is 0.130. The summed E-state index contributed by atoms with van der Waals surface area (Å²) in [5.74, 6) is 0. The molecule has 0 saturated carbocycles. The Balaban J connectivity index is 0.00000225. The summed E-state index contributed by atoms with van der Waals surface area (Å²) in [5.41, 5.74) is 18.6. The number of hydrogen-bond donors (Lipinski definition) is 0. The predicted octanol–water partition coefficient (Wildman–Crippen LogP) is 7.50. The first-order chi connectivity index (χ1) is 22.6. The summed E-state index contributed by atoms with van der Waals surface area (Å²) in [7, 11) is 0. The van der Waals surface area contributed by atoms with Gasteiger partial charge in [-0.25, -0.2) is 0 Å². The first-order valence-corrected chi connectivity index (χ1v) is 27.7. The van der Waals surface area contributed by atoms with Gasteiger partial charge in [0.25, 0.3) is 0 Å². The third-order valence-corrected chi connectivity index (χ3v) is 33.8. The SMILES string of the molecule is CCCC1=Cc2c(-c3ccc(CCC)cc3)cccc2[CH]1[Hf+2]1([CH]2C(CCC)=Cc3c(-c4ccc(CCC)cc4)cccc32)[CH2]C[CH2]1.[Cl-].[Cl-]. The minimum atomic E-state index is -3.03.